The van der Waals surface area contributed by atoms with Gasteiger partial charge in [-0.25, -0.2) is 4.98 Å². The van der Waals surface area contributed by atoms with Crippen LogP contribution in [-0.2, 0) is 7.05 Å². The Labute approximate surface area is 130 Å². The molecular weight excluding hydrogens is 278 g/mol. The number of carbonyl (C=O) groups is 1. The lowest BCUT2D eigenvalue weighted by Gasteiger charge is -2.12. The third-order valence-corrected chi connectivity index (χ3v) is 4.50. The number of imidazole rings is 1. The van der Waals surface area contributed by atoms with E-state index in [1.54, 1.807) is 10.9 Å². The number of amides is 1. The molecule has 6 heteroatoms. The number of hydrogen-bond acceptors (Lipinski definition) is 3. The van der Waals surface area contributed by atoms with Crippen LogP contribution >= 0.6 is 0 Å². The van der Waals surface area contributed by atoms with Crippen molar-refractivity contribution in [3.8, 4) is 5.82 Å². The first-order valence-corrected chi connectivity index (χ1v) is 7.90. The topological polar surface area (TPSA) is 64.7 Å². The van der Waals surface area contributed by atoms with Gasteiger partial charge in [0.05, 0.1) is 5.69 Å². The fourth-order valence-corrected chi connectivity index (χ4v) is 3.33. The van der Waals surface area contributed by atoms with Gasteiger partial charge in [-0.2, -0.15) is 5.10 Å². The summed E-state index contributed by atoms with van der Waals surface area (Å²) in [5.41, 5.74) is 1.39. The van der Waals surface area contributed by atoms with Gasteiger partial charge in [-0.15, -0.1) is 0 Å². The average Bonchev–Trinajstić information content (AvgIpc) is 3.17. The minimum atomic E-state index is -0.0411. The largest absolute Gasteiger partial charge is 0.352 e. The fourth-order valence-electron chi connectivity index (χ4n) is 3.33. The van der Waals surface area contributed by atoms with E-state index in [9.17, 15) is 4.79 Å². The molecule has 1 aliphatic rings. The third kappa shape index (κ3) is 2.65. The van der Waals surface area contributed by atoms with E-state index in [1.807, 2.05) is 31.7 Å². The molecule has 0 radical (unpaired) electrons. The van der Waals surface area contributed by atoms with E-state index in [-0.39, 0.29) is 5.91 Å². The second-order valence-electron chi connectivity index (χ2n) is 6.11. The summed E-state index contributed by atoms with van der Waals surface area (Å²) in [6.07, 6.45) is 8.61. The van der Waals surface area contributed by atoms with Crippen LogP contribution in [0.2, 0.25) is 0 Å². The summed E-state index contributed by atoms with van der Waals surface area (Å²) >= 11 is 0. The van der Waals surface area contributed by atoms with Crippen LogP contribution in [0.5, 0.6) is 0 Å². The summed E-state index contributed by atoms with van der Waals surface area (Å²) in [6, 6.07) is 0. The molecule has 2 aromatic rings. The minimum Gasteiger partial charge on any atom is -0.352 e. The second-order valence-corrected chi connectivity index (χ2v) is 6.11. The molecule has 1 N–H and O–H groups in total. The van der Waals surface area contributed by atoms with E-state index < -0.39 is 0 Å². The highest BCUT2D eigenvalue weighted by atomic mass is 16.1. The molecule has 1 fully saturated rings. The molecule has 0 aliphatic heterocycles. The van der Waals surface area contributed by atoms with Gasteiger partial charge < -0.3 is 5.32 Å². The van der Waals surface area contributed by atoms with Gasteiger partial charge in [-0.1, -0.05) is 12.8 Å². The lowest BCUT2D eigenvalue weighted by molar-refractivity contribution is 0.0946. The SMILES string of the molecule is Cc1nn(C)c(-n2ccnc2C)c1C(=O)NCC1CCCC1. The Morgan fingerprint density at radius 2 is 2.09 bits per heavy atom. The standard InChI is InChI=1S/C16H23N5O/c1-11-14(15(22)18-10-13-6-4-5-7-13)16(20(3)19-11)21-9-8-17-12(21)2/h8-9,13H,4-7,10H2,1-3H3,(H,18,22). The molecule has 2 aromatic heterocycles. The van der Waals surface area contributed by atoms with Crippen LogP contribution in [0.25, 0.3) is 5.82 Å². The van der Waals surface area contributed by atoms with Gasteiger partial charge in [0.2, 0.25) is 0 Å². The first kappa shape index (κ1) is 14.8. The van der Waals surface area contributed by atoms with Gasteiger partial charge in [0.25, 0.3) is 5.91 Å². The maximum absolute atomic E-state index is 12.7. The Morgan fingerprint density at radius 1 is 1.36 bits per heavy atom. The summed E-state index contributed by atoms with van der Waals surface area (Å²) in [5, 5.41) is 7.51. The molecule has 0 unspecified atom stereocenters. The van der Waals surface area contributed by atoms with Crippen molar-refractivity contribution in [2.75, 3.05) is 6.54 Å². The fraction of sp³-hybridized carbons (Fsp3) is 0.562. The predicted octanol–water partition coefficient (Wildman–Crippen LogP) is 2.14. The van der Waals surface area contributed by atoms with Crippen molar-refractivity contribution >= 4 is 5.91 Å². The molecule has 0 spiro atoms. The van der Waals surface area contributed by atoms with Crippen LogP contribution in [-0.4, -0.2) is 31.8 Å². The molecule has 0 atom stereocenters. The first-order chi connectivity index (χ1) is 10.6. The molecule has 6 nitrogen and oxygen atoms in total. The summed E-state index contributed by atoms with van der Waals surface area (Å²) in [7, 11) is 1.86. The third-order valence-electron chi connectivity index (χ3n) is 4.50. The molecule has 1 amide bonds. The Hall–Kier alpha value is -2.11. The monoisotopic (exact) mass is 301 g/mol. The van der Waals surface area contributed by atoms with Crippen LogP contribution in [0.1, 0.15) is 47.6 Å². The molecule has 2 heterocycles. The van der Waals surface area contributed by atoms with Gasteiger partial charge in [0.15, 0.2) is 0 Å². The van der Waals surface area contributed by atoms with Gasteiger partial charge in [-0.3, -0.25) is 14.0 Å². The highest BCUT2D eigenvalue weighted by molar-refractivity contribution is 5.98. The smallest absolute Gasteiger partial charge is 0.256 e. The van der Waals surface area contributed by atoms with E-state index in [4.69, 9.17) is 0 Å². The Kier molecular flexibility index (Phi) is 4.00. The van der Waals surface area contributed by atoms with Crippen LogP contribution in [0.4, 0.5) is 0 Å². The van der Waals surface area contributed by atoms with E-state index in [2.05, 4.69) is 15.4 Å². The average molecular weight is 301 g/mol. The molecule has 118 valence electrons. The lowest BCUT2D eigenvalue weighted by atomic mass is 10.1. The second kappa shape index (κ2) is 5.94. The summed E-state index contributed by atoms with van der Waals surface area (Å²) in [6.45, 7) is 4.55. The molecule has 0 aromatic carbocycles. The Bertz CT molecular complexity index is 679. The Balaban J connectivity index is 1.86. The minimum absolute atomic E-state index is 0.0411. The molecule has 3 rings (SSSR count). The number of carbonyl (C=O) groups excluding carboxylic acids is 1. The maximum Gasteiger partial charge on any atom is 0.256 e. The van der Waals surface area contributed by atoms with Crippen LogP contribution in [0, 0.1) is 19.8 Å². The van der Waals surface area contributed by atoms with Crippen molar-refractivity contribution in [3.05, 3.63) is 29.5 Å². The van der Waals surface area contributed by atoms with Crippen LogP contribution in [0.15, 0.2) is 12.4 Å². The van der Waals surface area contributed by atoms with Gasteiger partial charge in [0.1, 0.15) is 17.2 Å². The lowest BCUT2D eigenvalue weighted by Crippen LogP contribution is -2.29. The van der Waals surface area contributed by atoms with E-state index >= 15 is 0 Å². The summed E-state index contributed by atoms with van der Waals surface area (Å²) < 4.78 is 3.65. The zero-order valence-corrected chi connectivity index (χ0v) is 13.5. The van der Waals surface area contributed by atoms with Gasteiger partial charge in [-0.05, 0) is 32.6 Å². The molecule has 0 saturated heterocycles. The number of nitrogens with zero attached hydrogens (tertiary/aromatic N) is 4. The van der Waals surface area contributed by atoms with Crippen molar-refractivity contribution in [2.24, 2.45) is 13.0 Å². The summed E-state index contributed by atoms with van der Waals surface area (Å²) in [5.74, 6) is 2.20. The Morgan fingerprint density at radius 3 is 2.73 bits per heavy atom. The molecular formula is C16H23N5O. The van der Waals surface area contributed by atoms with Gasteiger partial charge >= 0.3 is 0 Å². The van der Waals surface area contributed by atoms with Crippen molar-refractivity contribution in [2.45, 2.75) is 39.5 Å². The zero-order valence-electron chi connectivity index (χ0n) is 13.5. The molecule has 1 saturated carbocycles. The number of aromatic nitrogens is 4. The predicted molar refractivity (Wildman–Crippen MR) is 84.1 cm³/mol. The van der Waals surface area contributed by atoms with Crippen LogP contribution < -0.4 is 5.32 Å². The van der Waals surface area contributed by atoms with Crippen molar-refractivity contribution in [1.82, 2.24) is 24.6 Å². The highest BCUT2D eigenvalue weighted by Gasteiger charge is 2.23. The number of aryl methyl sites for hydroxylation is 3. The van der Waals surface area contributed by atoms with E-state index in [0.717, 1.165) is 23.9 Å². The number of hydrogen-bond donors (Lipinski definition) is 1. The molecule has 0 bridgehead atoms. The summed E-state index contributed by atoms with van der Waals surface area (Å²) in [4.78, 5) is 16.9. The first-order valence-electron chi connectivity index (χ1n) is 7.90. The number of rotatable bonds is 4. The van der Waals surface area contributed by atoms with Crippen molar-refractivity contribution in [3.63, 3.8) is 0 Å². The normalized spacial score (nSPS) is 15.4. The van der Waals surface area contributed by atoms with E-state index in [0.29, 0.717) is 11.5 Å². The van der Waals surface area contributed by atoms with Crippen LogP contribution in [0.3, 0.4) is 0 Å². The number of nitrogens with one attached hydrogen (secondary N) is 1. The zero-order chi connectivity index (χ0) is 15.7. The highest BCUT2D eigenvalue weighted by Crippen LogP contribution is 2.24. The van der Waals surface area contributed by atoms with Crippen molar-refractivity contribution in [1.29, 1.82) is 0 Å². The maximum atomic E-state index is 12.7. The quantitative estimate of drug-likeness (QED) is 0.941. The molecule has 1 aliphatic carbocycles. The molecule has 22 heavy (non-hydrogen) atoms. The van der Waals surface area contributed by atoms with Gasteiger partial charge in [0, 0.05) is 26.0 Å². The van der Waals surface area contributed by atoms with E-state index in [1.165, 1.54) is 25.7 Å². The van der Waals surface area contributed by atoms with Crippen molar-refractivity contribution < 1.29 is 4.79 Å².